The summed E-state index contributed by atoms with van der Waals surface area (Å²) in [4.78, 5) is 39.2. The van der Waals surface area contributed by atoms with Crippen LogP contribution in [0.2, 0.25) is 0 Å². The second-order valence-corrected chi connectivity index (χ2v) is 13.5. The molecule has 4 saturated heterocycles. The number of ketones is 2. The fourth-order valence-corrected chi connectivity index (χ4v) is 10.5. The number of ether oxygens (including phenoxy) is 4. The molecule has 8 rings (SSSR count). The minimum atomic E-state index is -1.83. The molecule has 9 heteroatoms. The molecular formula is C27H34O9. The van der Waals surface area contributed by atoms with Crippen molar-refractivity contribution in [2.24, 2.45) is 46.8 Å². The molecule has 4 heterocycles. The number of esters is 1. The highest BCUT2D eigenvalue weighted by atomic mass is 16.7. The van der Waals surface area contributed by atoms with Gasteiger partial charge in [-0.2, -0.15) is 0 Å². The Labute approximate surface area is 209 Å². The highest BCUT2D eigenvalue weighted by Crippen LogP contribution is 2.74. The fourth-order valence-electron chi connectivity index (χ4n) is 10.5. The molecule has 0 aromatic rings. The van der Waals surface area contributed by atoms with Gasteiger partial charge in [0.2, 0.25) is 0 Å². The van der Waals surface area contributed by atoms with E-state index in [0.29, 0.717) is 12.8 Å². The summed E-state index contributed by atoms with van der Waals surface area (Å²) in [6.45, 7) is 7.32. The Hall–Kier alpha value is -1.39. The molecule has 5 unspecified atom stereocenters. The van der Waals surface area contributed by atoms with E-state index in [4.69, 9.17) is 18.9 Å². The number of fused-ring (bicyclic) bond motifs is 4. The first-order valence-corrected chi connectivity index (χ1v) is 13.6. The third-order valence-corrected chi connectivity index (χ3v) is 12.4. The van der Waals surface area contributed by atoms with E-state index in [1.165, 1.54) is 0 Å². The van der Waals surface area contributed by atoms with E-state index in [1.807, 2.05) is 13.8 Å². The lowest BCUT2D eigenvalue weighted by atomic mass is 9.43. The van der Waals surface area contributed by atoms with E-state index in [-0.39, 0.29) is 71.5 Å². The number of cyclic esters (lactones) is 1. The van der Waals surface area contributed by atoms with Crippen LogP contribution in [0.3, 0.4) is 0 Å². The molecule has 0 spiro atoms. The molecule has 0 amide bonds. The summed E-state index contributed by atoms with van der Waals surface area (Å²) >= 11 is 0. The Morgan fingerprint density at radius 1 is 0.972 bits per heavy atom. The molecule has 196 valence electrons. The number of hydrogen-bond acceptors (Lipinski definition) is 9. The molecule has 6 bridgehead atoms. The molecule has 8 fully saturated rings. The van der Waals surface area contributed by atoms with Crippen LogP contribution in [0.1, 0.15) is 53.4 Å². The van der Waals surface area contributed by atoms with Crippen molar-refractivity contribution in [3.05, 3.63) is 0 Å². The average Bonchev–Trinajstić information content (AvgIpc) is 3.48. The molecule has 36 heavy (non-hydrogen) atoms. The first-order valence-electron chi connectivity index (χ1n) is 13.6. The van der Waals surface area contributed by atoms with Gasteiger partial charge in [0.05, 0.1) is 29.1 Å². The van der Waals surface area contributed by atoms with Gasteiger partial charge in [0, 0.05) is 30.6 Å². The zero-order valence-corrected chi connectivity index (χ0v) is 21.0. The van der Waals surface area contributed by atoms with Crippen LogP contribution < -0.4 is 0 Å². The second-order valence-electron chi connectivity index (χ2n) is 13.5. The monoisotopic (exact) mass is 502 g/mol. The zero-order chi connectivity index (χ0) is 25.3. The van der Waals surface area contributed by atoms with Gasteiger partial charge < -0.3 is 29.2 Å². The first-order chi connectivity index (χ1) is 16.9. The topological polar surface area (TPSA) is 129 Å². The molecule has 9 nitrogen and oxygen atoms in total. The van der Waals surface area contributed by atoms with Crippen LogP contribution >= 0.6 is 0 Å². The minimum absolute atomic E-state index is 0.00378. The number of carbonyl (C=O) groups is 3. The highest BCUT2D eigenvalue weighted by Gasteiger charge is 2.83. The maximum absolute atomic E-state index is 13.6. The summed E-state index contributed by atoms with van der Waals surface area (Å²) in [5, 5.41) is 23.8. The van der Waals surface area contributed by atoms with Crippen molar-refractivity contribution < 1.29 is 43.5 Å². The second kappa shape index (κ2) is 6.25. The van der Waals surface area contributed by atoms with Gasteiger partial charge >= 0.3 is 5.97 Å². The van der Waals surface area contributed by atoms with Crippen molar-refractivity contribution in [3.8, 4) is 0 Å². The average molecular weight is 503 g/mol. The van der Waals surface area contributed by atoms with Crippen molar-refractivity contribution in [3.63, 3.8) is 0 Å². The molecule has 8 aliphatic rings. The van der Waals surface area contributed by atoms with Crippen LogP contribution in [0.15, 0.2) is 0 Å². The van der Waals surface area contributed by atoms with Gasteiger partial charge in [-0.25, -0.2) is 0 Å². The summed E-state index contributed by atoms with van der Waals surface area (Å²) in [5.74, 6) is -2.64. The van der Waals surface area contributed by atoms with Crippen LogP contribution in [0, 0.1) is 46.8 Å². The molecule has 0 radical (unpaired) electrons. The fraction of sp³-hybridized carbons (Fsp3) is 0.889. The van der Waals surface area contributed by atoms with Gasteiger partial charge in [0.1, 0.15) is 24.1 Å². The van der Waals surface area contributed by atoms with Crippen LogP contribution in [0.4, 0.5) is 0 Å². The summed E-state index contributed by atoms with van der Waals surface area (Å²) in [5.41, 5.74) is -4.37. The van der Waals surface area contributed by atoms with Gasteiger partial charge in [-0.15, -0.1) is 0 Å². The largest absolute Gasteiger partial charge is 0.459 e. The van der Waals surface area contributed by atoms with Gasteiger partial charge in [-0.05, 0) is 44.4 Å². The molecular weight excluding hydrogens is 468 g/mol. The molecule has 0 aromatic carbocycles. The van der Waals surface area contributed by atoms with Gasteiger partial charge in [0.25, 0.3) is 0 Å². The van der Waals surface area contributed by atoms with Crippen molar-refractivity contribution in [2.45, 2.75) is 101 Å². The van der Waals surface area contributed by atoms with Crippen molar-refractivity contribution in [1.82, 2.24) is 0 Å². The third-order valence-electron chi connectivity index (χ3n) is 12.4. The van der Waals surface area contributed by atoms with E-state index in [9.17, 15) is 24.6 Å². The Balaban J connectivity index is 1.23. The number of hydrogen-bond donors (Lipinski definition) is 2. The van der Waals surface area contributed by atoms with Crippen LogP contribution in [0.25, 0.3) is 0 Å². The zero-order valence-electron chi connectivity index (χ0n) is 21.0. The number of Topliss-reactive ketones (excluding diaryl/α,β-unsaturated/α-hetero) is 2. The summed E-state index contributed by atoms with van der Waals surface area (Å²) in [6, 6.07) is 0. The van der Waals surface area contributed by atoms with Crippen molar-refractivity contribution in [1.29, 1.82) is 0 Å². The maximum Gasteiger partial charge on any atom is 0.309 e. The van der Waals surface area contributed by atoms with E-state index < -0.39 is 46.8 Å². The Morgan fingerprint density at radius 2 is 1.72 bits per heavy atom. The third kappa shape index (κ3) is 2.10. The Bertz CT molecular complexity index is 1120. The van der Waals surface area contributed by atoms with Crippen LogP contribution in [-0.2, 0) is 33.3 Å². The predicted octanol–water partition coefficient (Wildman–Crippen LogP) is 0.768. The highest BCUT2D eigenvalue weighted by molar-refractivity contribution is 6.08. The van der Waals surface area contributed by atoms with Gasteiger partial charge in [-0.1, -0.05) is 13.8 Å². The van der Waals surface area contributed by atoms with Crippen LogP contribution in [0.5, 0.6) is 0 Å². The smallest absolute Gasteiger partial charge is 0.309 e. The SMILES string of the molecule is C[C@H]1C(=O)OC(C2O[C@]34C[C@H]5[C@@H](C[C@H]6O[C@H]7CC(=O)[C@@]5(C)[C@@]6(O)C7=O)[C@@H]5C[C@@H](O3)C(C54)C2(C)O)[C@@H]1C. The van der Waals surface area contributed by atoms with E-state index in [2.05, 4.69) is 0 Å². The number of aliphatic hydroxyl groups is 2. The minimum Gasteiger partial charge on any atom is -0.459 e. The predicted molar refractivity (Wildman–Crippen MR) is 119 cm³/mol. The van der Waals surface area contributed by atoms with E-state index in [1.54, 1.807) is 13.8 Å². The van der Waals surface area contributed by atoms with Crippen LogP contribution in [-0.4, -0.2) is 75.3 Å². The normalized spacial score (nSPS) is 66.1. The molecule has 16 atom stereocenters. The maximum atomic E-state index is 13.6. The molecule has 0 aromatic heterocycles. The number of carbonyl (C=O) groups excluding carboxylic acids is 3. The summed E-state index contributed by atoms with van der Waals surface area (Å²) in [7, 11) is 0. The van der Waals surface area contributed by atoms with E-state index >= 15 is 0 Å². The molecule has 4 aliphatic carbocycles. The molecule has 2 N–H and O–H groups in total. The Morgan fingerprint density at radius 3 is 2.42 bits per heavy atom. The molecule has 4 aliphatic heterocycles. The quantitative estimate of drug-likeness (QED) is 0.500. The lowest BCUT2D eigenvalue weighted by Crippen LogP contribution is -2.74. The lowest BCUT2D eigenvalue weighted by Gasteiger charge is -2.64. The van der Waals surface area contributed by atoms with Gasteiger partial charge in [-0.3, -0.25) is 14.4 Å². The van der Waals surface area contributed by atoms with Gasteiger partial charge in [0.15, 0.2) is 17.2 Å². The van der Waals surface area contributed by atoms with Crippen molar-refractivity contribution >= 4 is 17.5 Å². The summed E-state index contributed by atoms with van der Waals surface area (Å²) < 4.78 is 25.2. The number of rotatable bonds is 1. The van der Waals surface area contributed by atoms with Crippen molar-refractivity contribution in [2.75, 3.05) is 0 Å². The molecule has 4 saturated carbocycles. The summed E-state index contributed by atoms with van der Waals surface area (Å²) in [6.07, 6.45) is -1.50. The standard InChI is InChI=1S/C27H34O9/c1-9-10(2)23(30)34-20(9)22-25(4,31)19-14-5-12-11-6-17-27(32)21(29)15(33-17)7-16(28)24(27,3)13(11)8-26(35-14,36-22)18(12)19/h9-15,17-20,22,31-32H,5-8H2,1-4H3/t9-,10-,11+,12+,13+,14-,15+,17-,18?,19?,20?,22?,24+,25?,26+,27+/m1/s1. The Kier molecular flexibility index (Phi) is 3.92. The lowest BCUT2D eigenvalue weighted by molar-refractivity contribution is -0.369. The first kappa shape index (κ1) is 22.6. The van der Waals surface area contributed by atoms with E-state index in [0.717, 1.165) is 6.42 Å².